The highest BCUT2D eigenvalue weighted by Crippen LogP contribution is 2.32. The van der Waals surface area contributed by atoms with E-state index in [1.54, 1.807) is 6.92 Å². The van der Waals surface area contributed by atoms with Crippen LogP contribution in [0.1, 0.15) is 55.8 Å². The average molecular weight is 375 g/mol. The van der Waals surface area contributed by atoms with Crippen LogP contribution in [-0.4, -0.2) is 37.3 Å². The van der Waals surface area contributed by atoms with E-state index in [-0.39, 0.29) is 13.0 Å². The van der Waals surface area contributed by atoms with Crippen molar-refractivity contribution in [2.24, 2.45) is 0 Å². The molecule has 8 heteroatoms. The molecule has 0 aliphatic heterocycles. The number of carbonyl (C=O) groups excluding carboxylic acids is 1. The SMILES string of the molecule is CCC(O)CCNC(=O)c1c(F)ccc(S(=O)(=O)C2CCCC2)c1F. The standard InChI is InChI=1S/C17H23F2NO4S/c1-2-11(21)9-10-20-17(22)15-13(18)7-8-14(16(15)19)25(23,24)12-5-3-4-6-12/h7-8,11-12,21H,2-6,9-10H2,1H3,(H,20,22). The molecule has 25 heavy (non-hydrogen) atoms. The molecule has 0 spiro atoms. The highest BCUT2D eigenvalue weighted by atomic mass is 32.2. The van der Waals surface area contributed by atoms with E-state index >= 15 is 0 Å². The van der Waals surface area contributed by atoms with E-state index in [0.29, 0.717) is 19.3 Å². The first-order chi connectivity index (χ1) is 11.8. The van der Waals surface area contributed by atoms with Gasteiger partial charge >= 0.3 is 0 Å². The van der Waals surface area contributed by atoms with E-state index in [2.05, 4.69) is 5.32 Å². The second-order valence-electron chi connectivity index (χ2n) is 6.29. The van der Waals surface area contributed by atoms with Crippen LogP contribution in [0.15, 0.2) is 17.0 Å². The van der Waals surface area contributed by atoms with E-state index in [1.807, 2.05) is 0 Å². The number of nitrogens with one attached hydrogen (secondary N) is 1. The maximum atomic E-state index is 14.7. The van der Waals surface area contributed by atoms with Crippen molar-refractivity contribution in [3.05, 3.63) is 29.3 Å². The fourth-order valence-electron chi connectivity index (χ4n) is 2.98. The number of hydrogen-bond donors (Lipinski definition) is 2. The maximum Gasteiger partial charge on any atom is 0.257 e. The number of rotatable bonds is 7. The number of halogens is 2. The molecule has 0 heterocycles. The molecule has 2 rings (SSSR count). The summed E-state index contributed by atoms with van der Waals surface area (Å²) in [5.41, 5.74) is -0.898. The van der Waals surface area contributed by atoms with Gasteiger partial charge in [-0.05, 0) is 37.8 Å². The van der Waals surface area contributed by atoms with Crippen molar-refractivity contribution < 1.29 is 27.1 Å². The summed E-state index contributed by atoms with van der Waals surface area (Å²) in [5.74, 6) is -3.49. The second kappa shape index (κ2) is 8.23. The lowest BCUT2D eigenvalue weighted by molar-refractivity contribution is 0.0933. The summed E-state index contributed by atoms with van der Waals surface area (Å²) in [4.78, 5) is 11.5. The Hall–Kier alpha value is -1.54. The highest BCUT2D eigenvalue weighted by Gasteiger charge is 2.34. The minimum Gasteiger partial charge on any atom is -0.393 e. The second-order valence-corrected chi connectivity index (χ2v) is 8.49. The summed E-state index contributed by atoms with van der Waals surface area (Å²) in [6, 6.07) is 1.69. The minimum atomic E-state index is -3.94. The van der Waals surface area contributed by atoms with Crippen LogP contribution < -0.4 is 5.32 Å². The Bertz CT molecular complexity index is 730. The quantitative estimate of drug-likeness (QED) is 0.718. The predicted molar refractivity (Wildman–Crippen MR) is 89.0 cm³/mol. The number of amides is 1. The van der Waals surface area contributed by atoms with Gasteiger partial charge in [0.2, 0.25) is 0 Å². The number of sulfone groups is 1. The lowest BCUT2D eigenvalue weighted by Gasteiger charge is -2.15. The molecule has 1 saturated carbocycles. The minimum absolute atomic E-state index is 0.0341. The normalized spacial score (nSPS) is 16.8. The molecule has 0 radical (unpaired) electrons. The van der Waals surface area contributed by atoms with Crippen LogP contribution in [0.2, 0.25) is 0 Å². The van der Waals surface area contributed by atoms with E-state index in [0.717, 1.165) is 25.0 Å². The van der Waals surface area contributed by atoms with Crippen molar-refractivity contribution in [1.82, 2.24) is 5.32 Å². The largest absolute Gasteiger partial charge is 0.393 e. The molecule has 1 amide bonds. The molecule has 0 bridgehead atoms. The summed E-state index contributed by atoms with van der Waals surface area (Å²) in [5, 5.41) is 11.1. The summed E-state index contributed by atoms with van der Waals surface area (Å²) in [7, 11) is -3.94. The molecule has 140 valence electrons. The Morgan fingerprint density at radius 3 is 2.56 bits per heavy atom. The smallest absolute Gasteiger partial charge is 0.257 e. The first-order valence-electron chi connectivity index (χ1n) is 8.47. The van der Waals surface area contributed by atoms with Gasteiger partial charge in [-0.3, -0.25) is 4.79 Å². The number of benzene rings is 1. The van der Waals surface area contributed by atoms with Crippen molar-refractivity contribution >= 4 is 15.7 Å². The van der Waals surface area contributed by atoms with Crippen molar-refractivity contribution in [3.8, 4) is 0 Å². The molecule has 1 aliphatic carbocycles. The van der Waals surface area contributed by atoms with Crippen LogP contribution in [0.3, 0.4) is 0 Å². The van der Waals surface area contributed by atoms with E-state index in [1.165, 1.54) is 0 Å². The van der Waals surface area contributed by atoms with Gasteiger partial charge in [0.15, 0.2) is 15.7 Å². The van der Waals surface area contributed by atoms with Gasteiger partial charge in [-0.25, -0.2) is 17.2 Å². The van der Waals surface area contributed by atoms with Crippen LogP contribution in [0.25, 0.3) is 0 Å². The van der Waals surface area contributed by atoms with Crippen LogP contribution in [0, 0.1) is 11.6 Å². The molecule has 1 unspecified atom stereocenters. The molecule has 1 aliphatic rings. The summed E-state index contributed by atoms with van der Waals surface area (Å²) in [6.45, 7) is 1.80. The third-order valence-electron chi connectivity index (χ3n) is 4.56. The van der Waals surface area contributed by atoms with Crippen molar-refractivity contribution in [1.29, 1.82) is 0 Å². The molecule has 2 N–H and O–H groups in total. The zero-order valence-corrected chi connectivity index (χ0v) is 14.9. The number of aliphatic hydroxyl groups is 1. The fourth-order valence-corrected chi connectivity index (χ4v) is 4.91. The van der Waals surface area contributed by atoms with Gasteiger partial charge in [-0.1, -0.05) is 19.8 Å². The number of carbonyl (C=O) groups is 1. The van der Waals surface area contributed by atoms with Crippen LogP contribution in [-0.2, 0) is 9.84 Å². The summed E-state index contributed by atoms with van der Waals surface area (Å²) >= 11 is 0. The Kier molecular flexibility index (Phi) is 6.51. The number of aliphatic hydroxyl groups excluding tert-OH is 1. The molecule has 1 atom stereocenters. The lowest BCUT2D eigenvalue weighted by Crippen LogP contribution is -2.29. The molecule has 0 saturated heterocycles. The highest BCUT2D eigenvalue weighted by molar-refractivity contribution is 7.92. The molecule has 0 aromatic heterocycles. The Labute approximate surface area is 146 Å². The summed E-state index contributed by atoms with van der Waals surface area (Å²) < 4.78 is 53.7. The van der Waals surface area contributed by atoms with Crippen molar-refractivity contribution in [3.63, 3.8) is 0 Å². The lowest BCUT2D eigenvalue weighted by atomic mass is 10.1. The van der Waals surface area contributed by atoms with Crippen molar-refractivity contribution in [2.45, 2.75) is 61.7 Å². The fraction of sp³-hybridized carbons (Fsp3) is 0.588. The third kappa shape index (κ3) is 4.36. The molecule has 1 fully saturated rings. The molecular formula is C17H23F2NO4S. The van der Waals surface area contributed by atoms with Crippen molar-refractivity contribution in [2.75, 3.05) is 6.54 Å². The first kappa shape index (κ1) is 19.8. The molecule has 1 aromatic rings. The topological polar surface area (TPSA) is 83.5 Å². The van der Waals surface area contributed by atoms with Gasteiger partial charge in [0.05, 0.1) is 11.4 Å². The van der Waals surface area contributed by atoms with Gasteiger partial charge in [0.25, 0.3) is 5.91 Å². The van der Waals surface area contributed by atoms with E-state index in [4.69, 9.17) is 0 Å². The number of hydrogen-bond acceptors (Lipinski definition) is 4. The Balaban J connectivity index is 2.26. The van der Waals surface area contributed by atoms with Gasteiger partial charge in [0.1, 0.15) is 16.3 Å². The van der Waals surface area contributed by atoms with Gasteiger partial charge < -0.3 is 10.4 Å². The predicted octanol–water partition coefficient (Wildman–Crippen LogP) is 2.57. The van der Waals surface area contributed by atoms with E-state index < -0.39 is 49.2 Å². The first-order valence-corrected chi connectivity index (χ1v) is 10.0. The zero-order chi connectivity index (χ0) is 18.6. The third-order valence-corrected chi connectivity index (χ3v) is 6.84. The monoisotopic (exact) mass is 375 g/mol. The zero-order valence-electron chi connectivity index (χ0n) is 14.1. The molecule has 5 nitrogen and oxygen atoms in total. The van der Waals surface area contributed by atoms with Gasteiger partial charge in [-0.2, -0.15) is 0 Å². The van der Waals surface area contributed by atoms with Gasteiger partial charge in [-0.15, -0.1) is 0 Å². The molecule has 1 aromatic carbocycles. The Morgan fingerprint density at radius 2 is 1.96 bits per heavy atom. The molecular weight excluding hydrogens is 352 g/mol. The van der Waals surface area contributed by atoms with Crippen LogP contribution >= 0.6 is 0 Å². The van der Waals surface area contributed by atoms with Crippen LogP contribution in [0.4, 0.5) is 8.78 Å². The van der Waals surface area contributed by atoms with E-state index in [9.17, 15) is 27.1 Å². The average Bonchev–Trinajstić information content (AvgIpc) is 3.09. The summed E-state index contributed by atoms with van der Waals surface area (Å²) in [6.07, 6.45) is 2.49. The Morgan fingerprint density at radius 1 is 1.32 bits per heavy atom. The van der Waals surface area contributed by atoms with Crippen LogP contribution in [0.5, 0.6) is 0 Å². The maximum absolute atomic E-state index is 14.7. The van der Waals surface area contributed by atoms with Gasteiger partial charge in [0, 0.05) is 6.54 Å².